The van der Waals surface area contributed by atoms with Gasteiger partial charge in [-0.15, -0.1) is 6.58 Å². The van der Waals surface area contributed by atoms with E-state index in [0.29, 0.717) is 26.2 Å². The van der Waals surface area contributed by atoms with Crippen LogP contribution in [0.3, 0.4) is 0 Å². The molecule has 0 aliphatic carbocycles. The number of carbonyl (C=O) groups excluding carboxylic acids is 1. The van der Waals surface area contributed by atoms with Crippen molar-refractivity contribution in [2.45, 2.75) is 19.4 Å². The molecule has 0 fully saturated rings. The average Bonchev–Trinajstić information content (AvgIpc) is 2.72. The monoisotopic (exact) mass is 379 g/mol. The van der Waals surface area contributed by atoms with Crippen LogP contribution >= 0.6 is 0 Å². The third kappa shape index (κ3) is 5.02. The minimum absolute atomic E-state index is 0.130. The van der Waals surface area contributed by atoms with Crippen molar-refractivity contribution in [1.29, 1.82) is 0 Å². The van der Waals surface area contributed by atoms with Crippen molar-refractivity contribution in [2.75, 3.05) is 24.9 Å². The molecule has 2 aromatic rings. The molecule has 3 rings (SSSR count). The van der Waals surface area contributed by atoms with Crippen molar-refractivity contribution >= 4 is 11.6 Å². The van der Waals surface area contributed by atoms with Crippen LogP contribution in [0.1, 0.15) is 17.5 Å². The topological polar surface area (TPSA) is 48.0 Å². The largest absolute Gasteiger partial charge is 0.490 e. The van der Waals surface area contributed by atoms with Crippen molar-refractivity contribution in [3.63, 3.8) is 0 Å². The van der Waals surface area contributed by atoms with E-state index in [1.807, 2.05) is 47.4 Å². The lowest BCUT2D eigenvalue weighted by Gasteiger charge is -2.30. The average molecular weight is 379 g/mol. The number of anilines is 1. The maximum atomic E-state index is 12.5. The number of hydrogen-bond acceptors (Lipinski definition) is 4. The first-order valence-corrected chi connectivity index (χ1v) is 9.28. The zero-order valence-corrected chi connectivity index (χ0v) is 15.9. The second kappa shape index (κ2) is 9.76. The van der Waals surface area contributed by atoms with Crippen LogP contribution < -0.4 is 14.4 Å². The van der Waals surface area contributed by atoms with E-state index < -0.39 is 0 Å². The summed E-state index contributed by atoms with van der Waals surface area (Å²) in [5.41, 5.74) is 3.10. The number of ether oxygens (including phenoxy) is 3. The van der Waals surface area contributed by atoms with Crippen molar-refractivity contribution in [3.8, 4) is 11.5 Å². The Balaban J connectivity index is 1.67. The van der Waals surface area contributed by atoms with E-state index in [1.54, 1.807) is 12.2 Å². The molecule has 0 atom stereocenters. The number of rotatable bonds is 10. The molecule has 146 valence electrons. The molecule has 5 heteroatoms. The van der Waals surface area contributed by atoms with Gasteiger partial charge in [-0.1, -0.05) is 30.9 Å². The van der Waals surface area contributed by atoms with E-state index >= 15 is 0 Å². The van der Waals surface area contributed by atoms with Gasteiger partial charge in [0.1, 0.15) is 18.1 Å². The predicted molar refractivity (Wildman–Crippen MR) is 110 cm³/mol. The summed E-state index contributed by atoms with van der Waals surface area (Å²) in [6, 6.07) is 13.6. The highest BCUT2D eigenvalue weighted by molar-refractivity contribution is 5.96. The summed E-state index contributed by atoms with van der Waals surface area (Å²) in [5, 5.41) is 0. The lowest BCUT2D eigenvalue weighted by molar-refractivity contribution is -0.119. The van der Waals surface area contributed by atoms with Crippen molar-refractivity contribution < 1.29 is 19.0 Å². The van der Waals surface area contributed by atoms with Gasteiger partial charge in [0.15, 0.2) is 6.79 Å². The van der Waals surface area contributed by atoms with E-state index in [-0.39, 0.29) is 12.7 Å². The standard InChI is InChI=1S/C23H25NO4/c1-3-13-26-17-28-20-8-5-18(6-9-20)16-24-22-11-10-21(27-14-4-2)15-19(22)7-12-23(24)25/h3-6,8-11,15H,1-2,7,12-14,16-17H2. The zero-order chi connectivity index (χ0) is 19.8. The molecule has 0 aromatic heterocycles. The van der Waals surface area contributed by atoms with Gasteiger partial charge in [-0.05, 0) is 47.9 Å². The van der Waals surface area contributed by atoms with Crippen LogP contribution in [-0.4, -0.2) is 25.9 Å². The number of hydrogen-bond donors (Lipinski definition) is 0. The van der Waals surface area contributed by atoms with Crippen LogP contribution in [-0.2, 0) is 22.5 Å². The molecule has 2 aromatic carbocycles. The molecular weight excluding hydrogens is 354 g/mol. The van der Waals surface area contributed by atoms with Gasteiger partial charge >= 0.3 is 0 Å². The number of carbonyl (C=O) groups is 1. The Bertz CT molecular complexity index is 829. The molecule has 0 saturated carbocycles. The molecular formula is C23H25NO4. The number of amides is 1. The zero-order valence-electron chi connectivity index (χ0n) is 15.9. The van der Waals surface area contributed by atoms with Crippen molar-refractivity contribution in [1.82, 2.24) is 0 Å². The van der Waals surface area contributed by atoms with Crippen LogP contribution in [0.25, 0.3) is 0 Å². The lowest BCUT2D eigenvalue weighted by Crippen LogP contribution is -2.34. The van der Waals surface area contributed by atoms with Gasteiger partial charge in [-0.3, -0.25) is 4.79 Å². The maximum absolute atomic E-state index is 12.5. The van der Waals surface area contributed by atoms with E-state index in [4.69, 9.17) is 14.2 Å². The van der Waals surface area contributed by atoms with E-state index in [2.05, 4.69) is 13.2 Å². The Morgan fingerprint density at radius 3 is 2.43 bits per heavy atom. The van der Waals surface area contributed by atoms with Gasteiger partial charge in [-0.2, -0.15) is 0 Å². The highest BCUT2D eigenvalue weighted by atomic mass is 16.7. The summed E-state index contributed by atoms with van der Waals surface area (Å²) in [6.45, 7) is 8.87. The van der Waals surface area contributed by atoms with Crippen LogP contribution in [0.2, 0.25) is 0 Å². The van der Waals surface area contributed by atoms with Crippen LogP contribution in [0.4, 0.5) is 5.69 Å². The molecule has 0 bridgehead atoms. The summed E-state index contributed by atoms with van der Waals surface area (Å²) in [5.74, 6) is 1.65. The van der Waals surface area contributed by atoms with Gasteiger partial charge in [0.05, 0.1) is 13.2 Å². The molecule has 0 unspecified atom stereocenters. The van der Waals surface area contributed by atoms with Crippen LogP contribution in [0, 0.1) is 0 Å². The fraction of sp³-hybridized carbons (Fsp3) is 0.261. The van der Waals surface area contributed by atoms with Gasteiger partial charge in [0.25, 0.3) is 0 Å². The first kappa shape index (κ1) is 19.7. The first-order chi connectivity index (χ1) is 13.7. The minimum atomic E-state index is 0.130. The van der Waals surface area contributed by atoms with E-state index in [9.17, 15) is 4.79 Å². The Morgan fingerprint density at radius 1 is 0.929 bits per heavy atom. The predicted octanol–water partition coefficient (Wildman–Crippen LogP) is 4.27. The Morgan fingerprint density at radius 2 is 1.68 bits per heavy atom. The Labute approximate surface area is 165 Å². The molecule has 0 radical (unpaired) electrons. The van der Waals surface area contributed by atoms with Gasteiger partial charge in [0.2, 0.25) is 5.91 Å². The maximum Gasteiger partial charge on any atom is 0.227 e. The lowest BCUT2D eigenvalue weighted by atomic mass is 10.00. The fourth-order valence-electron chi connectivity index (χ4n) is 3.07. The van der Waals surface area contributed by atoms with Gasteiger partial charge in [0, 0.05) is 12.1 Å². The fourth-order valence-corrected chi connectivity index (χ4v) is 3.07. The summed E-state index contributed by atoms with van der Waals surface area (Å²) in [4.78, 5) is 14.4. The minimum Gasteiger partial charge on any atom is -0.490 e. The van der Waals surface area contributed by atoms with E-state index in [0.717, 1.165) is 34.7 Å². The molecule has 5 nitrogen and oxygen atoms in total. The Hall–Kier alpha value is -3.05. The summed E-state index contributed by atoms with van der Waals surface area (Å²) >= 11 is 0. The highest BCUT2D eigenvalue weighted by Crippen LogP contribution is 2.32. The number of benzene rings is 2. The number of nitrogens with zero attached hydrogens (tertiary/aromatic N) is 1. The van der Waals surface area contributed by atoms with Crippen LogP contribution in [0.15, 0.2) is 67.8 Å². The third-order valence-corrected chi connectivity index (χ3v) is 4.43. The highest BCUT2D eigenvalue weighted by Gasteiger charge is 2.24. The van der Waals surface area contributed by atoms with Crippen LogP contribution in [0.5, 0.6) is 11.5 Å². The SMILES string of the molecule is C=CCOCOc1ccc(CN2C(=O)CCc3cc(OCC=C)ccc32)cc1. The molecule has 1 aliphatic heterocycles. The number of aryl methyl sites for hydroxylation is 1. The molecule has 28 heavy (non-hydrogen) atoms. The summed E-state index contributed by atoms with van der Waals surface area (Å²) < 4.78 is 16.3. The first-order valence-electron chi connectivity index (χ1n) is 9.28. The molecule has 0 saturated heterocycles. The summed E-state index contributed by atoms with van der Waals surface area (Å²) in [6.07, 6.45) is 4.62. The van der Waals surface area contributed by atoms with Crippen molar-refractivity contribution in [2.24, 2.45) is 0 Å². The normalized spacial score (nSPS) is 13.0. The number of fused-ring (bicyclic) bond motifs is 1. The molecule has 0 spiro atoms. The second-order valence-electron chi connectivity index (χ2n) is 6.44. The molecule has 1 aliphatic rings. The second-order valence-corrected chi connectivity index (χ2v) is 6.44. The van der Waals surface area contributed by atoms with E-state index in [1.165, 1.54) is 0 Å². The molecule has 1 amide bonds. The summed E-state index contributed by atoms with van der Waals surface area (Å²) in [7, 11) is 0. The smallest absolute Gasteiger partial charge is 0.227 e. The van der Waals surface area contributed by atoms with Gasteiger partial charge in [-0.25, -0.2) is 0 Å². The quantitative estimate of drug-likeness (QED) is 0.351. The Kier molecular flexibility index (Phi) is 6.87. The third-order valence-electron chi connectivity index (χ3n) is 4.43. The van der Waals surface area contributed by atoms with Gasteiger partial charge < -0.3 is 19.1 Å². The van der Waals surface area contributed by atoms with Crippen molar-refractivity contribution in [3.05, 3.63) is 78.9 Å². The molecule has 1 heterocycles. The molecule has 0 N–H and O–H groups in total.